The van der Waals surface area contributed by atoms with Gasteiger partial charge in [-0.15, -0.1) is 0 Å². The fourth-order valence-electron chi connectivity index (χ4n) is 7.48. The van der Waals surface area contributed by atoms with Crippen molar-refractivity contribution in [1.29, 1.82) is 0 Å². The molecule has 0 spiro atoms. The molecule has 77 heavy (non-hydrogen) atoms. The second-order valence-corrected chi connectivity index (χ2v) is 22.0. The first-order valence-corrected chi connectivity index (χ1v) is 31.5. The van der Waals surface area contributed by atoms with Crippen LogP contribution in [0.1, 0.15) is 200 Å². The Labute approximate surface area is 473 Å². The van der Waals surface area contributed by atoms with Crippen LogP contribution in [0.2, 0.25) is 0 Å². The number of allylic oxidation sites excluding steroid dienone is 27. The largest absolute Gasteiger partial charge is 0.756 e. The number of quaternary nitrogens is 1. The lowest BCUT2D eigenvalue weighted by atomic mass is 10.1. The summed E-state index contributed by atoms with van der Waals surface area (Å²) in [4.78, 5) is 25.5. The minimum Gasteiger partial charge on any atom is -0.756 e. The molecule has 2 N–H and O–H groups in total. The van der Waals surface area contributed by atoms with Gasteiger partial charge < -0.3 is 28.8 Å². The number of hydrogen-bond donors (Lipinski definition) is 2. The number of amides is 1. The number of aliphatic hydroxyl groups excluding tert-OH is 1. The molecule has 434 valence electrons. The first-order valence-electron chi connectivity index (χ1n) is 30.0. The van der Waals surface area contributed by atoms with Crippen molar-refractivity contribution in [2.24, 2.45) is 0 Å². The molecule has 0 aliphatic carbocycles. The highest BCUT2D eigenvalue weighted by molar-refractivity contribution is 7.45. The molecule has 0 aromatic carbocycles. The van der Waals surface area contributed by atoms with Gasteiger partial charge in [0.2, 0.25) is 5.91 Å². The highest BCUT2D eigenvalue weighted by atomic mass is 31.2. The van der Waals surface area contributed by atoms with Crippen LogP contribution in [0.4, 0.5) is 0 Å². The third kappa shape index (κ3) is 59.4. The number of hydrogen-bond acceptors (Lipinski definition) is 6. The van der Waals surface area contributed by atoms with Gasteiger partial charge in [-0.25, -0.2) is 0 Å². The second kappa shape index (κ2) is 56.6. The zero-order valence-corrected chi connectivity index (χ0v) is 50.2. The van der Waals surface area contributed by atoms with Crippen molar-refractivity contribution >= 4 is 13.7 Å². The first-order chi connectivity index (χ1) is 37.5. The third-order valence-electron chi connectivity index (χ3n) is 12.1. The van der Waals surface area contributed by atoms with E-state index < -0.39 is 26.6 Å². The Morgan fingerprint density at radius 2 is 0.805 bits per heavy atom. The van der Waals surface area contributed by atoms with Crippen LogP contribution < -0.4 is 10.2 Å². The summed E-state index contributed by atoms with van der Waals surface area (Å²) < 4.78 is 23.3. The van der Waals surface area contributed by atoms with Gasteiger partial charge in [-0.3, -0.25) is 9.36 Å². The molecule has 8 nitrogen and oxygen atoms in total. The van der Waals surface area contributed by atoms with Gasteiger partial charge in [0.15, 0.2) is 0 Å². The number of aliphatic hydroxyl groups is 1. The topological polar surface area (TPSA) is 108 Å². The van der Waals surface area contributed by atoms with Crippen LogP contribution >= 0.6 is 7.82 Å². The van der Waals surface area contributed by atoms with Crippen molar-refractivity contribution in [3.05, 3.63) is 170 Å². The normalized spacial score (nSPS) is 15.1. The summed E-state index contributed by atoms with van der Waals surface area (Å²) in [5.74, 6) is -0.231. The molecular formula is C68H111N2O6P. The van der Waals surface area contributed by atoms with E-state index in [1.807, 2.05) is 27.2 Å². The summed E-state index contributed by atoms with van der Waals surface area (Å²) in [7, 11) is 1.20. The molecule has 0 saturated carbocycles. The molecule has 1 amide bonds. The lowest BCUT2D eigenvalue weighted by Gasteiger charge is -2.29. The smallest absolute Gasteiger partial charge is 0.268 e. The average molecular weight is 1080 g/mol. The van der Waals surface area contributed by atoms with Crippen molar-refractivity contribution < 1.29 is 32.9 Å². The van der Waals surface area contributed by atoms with Crippen LogP contribution in [0.3, 0.4) is 0 Å². The van der Waals surface area contributed by atoms with Crippen LogP contribution in [0.25, 0.3) is 0 Å². The standard InChI is InChI=1S/C68H111N2O6P/c1-6-8-10-12-14-16-18-20-22-23-24-25-26-27-28-29-30-31-32-33-34-35-36-37-38-39-40-41-42-43-44-45-46-47-48-50-52-54-56-58-60-62-68(72)69-66(65-76-77(73,74)75-64-63-70(3,4)5)67(71)61-59-57-55-53-51-49-21-19-17-15-13-11-9-7-2/h8,10,14,16-17,19-20,22,24-25,27-28,30-31,33-34,36-37,39-40,42-43,45-46,51,53,59,61,66-67,71H,6-7,9,11-13,15,18,21,23,26,29,32,35,38,41,44,47-50,52,54-58,60,62-65H2,1-5H3,(H-,69,72,73,74)/b10-8-,16-14-,19-17+,22-20-,25-24-,28-27-,31-30-,34-33-,37-36-,40-39-,43-42-,46-45-,53-51+,61-59+. The van der Waals surface area contributed by atoms with Crippen molar-refractivity contribution in [3.63, 3.8) is 0 Å². The Bertz CT molecular complexity index is 1850. The van der Waals surface area contributed by atoms with E-state index in [1.54, 1.807) is 6.08 Å². The maximum Gasteiger partial charge on any atom is 0.268 e. The van der Waals surface area contributed by atoms with Gasteiger partial charge in [0, 0.05) is 6.42 Å². The Morgan fingerprint density at radius 1 is 0.468 bits per heavy atom. The predicted octanol–water partition coefficient (Wildman–Crippen LogP) is 18.2. The molecule has 0 aliphatic rings. The van der Waals surface area contributed by atoms with E-state index in [2.05, 4.69) is 177 Å². The number of unbranched alkanes of at least 4 members (excludes halogenated alkanes) is 13. The summed E-state index contributed by atoms with van der Waals surface area (Å²) in [6.45, 7) is 4.44. The molecule has 0 saturated heterocycles. The maximum absolute atomic E-state index is 12.9. The molecule has 0 radical (unpaired) electrons. The van der Waals surface area contributed by atoms with E-state index in [0.29, 0.717) is 17.4 Å². The van der Waals surface area contributed by atoms with Gasteiger partial charge in [-0.1, -0.05) is 235 Å². The van der Waals surface area contributed by atoms with Crippen molar-refractivity contribution in [2.45, 2.75) is 212 Å². The highest BCUT2D eigenvalue weighted by Gasteiger charge is 2.23. The SMILES string of the molecule is CC/C=C\C/C=C\C/C=C\C/C=C\C/C=C\C/C=C\C/C=C\C/C=C\C/C=C\C/C=C\C/C=C\CCCCCCCCCC(=O)NC(COP(=O)([O-])OCC[N+](C)(C)C)C(O)/C=C/CC/C=C/CC/C=C/CCCCCC. The van der Waals surface area contributed by atoms with Crippen molar-refractivity contribution in [3.8, 4) is 0 Å². The molecule has 0 aliphatic heterocycles. The van der Waals surface area contributed by atoms with Crippen molar-refractivity contribution in [1.82, 2.24) is 5.32 Å². The number of phosphoric acid groups is 1. The minimum absolute atomic E-state index is 0.0204. The Morgan fingerprint density at radius 3 is 1.21 bits per heavy atom. The Balaban J connectivity index is 4.18. The quantitative estimate of drug-likeness (QED) is 0.0272. The summed E-state index contributed by atoms with van der Waals surface area (Å²) in [5, 5.41) is 13.8. The minimum atomic E-state index is -4.62. The molecular weight excluding hydrogens is 972 g/mol. The van der Waals surface area contributed by atoms with Crippen LogP contribution in [-0.4, -0.2) is 68.5 Å². The first kappa shape index (κ1) is 72.9. The molecule has 0 aromatic rings. The third-order valence-corrected chi connectivity index (χ3v) is 13.1. The second-order valence-electron chi connectivity index (χ2n) is 20.6. The summed E-state index contributed by atoms with van der Waals surface area (Å²) in [6.07, 6.45) is 90.1. The van der Waals surface area contributed by atoms with Crippen LogP contribution in [0.5, 0.6) is 0 Å². The lowest BCUT2D eigenvalue weighted by Crippen LogP contribution is -2.45. The zero-order chi connectivity index (χ0) is 56.3. The predicted molar refractivity (Wildman–Crippen MR) is 334 cm³/mol. The number of phosphoric ester groups is 1. The summed E-state index contributed by atoms with van der Waals surface area (Å²) >= 11 is 0. The summed E-state index contributed by atoms with van der Waals surface area (Å²) in [5.41, 5.74) is 0. The van der Waals surface area contributed by atoms with E-state index in [0.717, 1.165) is 135 Å². The van der Waals surface area contributed by atoms with Crippen LogP contribution in [0, 0.1) is 0 Å². The van der Waals surface area contributed by atoms with Crippen LogP contribution in [0.15, 0.2) is 170 Å². The van der Waals surface area contributed by atoms with E-state index >= 15 is 0 Å². The van der Waals surface area contributed by atoms with E-state index in [1.165, 1.54) is 44.9 Å². The number of nitrogens with zero attached hydrogens (tertiary/aromatic N) is 1. The Hall–Kier alpha value is -4.14. The van der Waals surface area contributed by atoms with Gasteiger partial charge >= 0.3 is 0 Å². The lowest BCUT2D eigenvalue weighted by molar-refractivity contribution is -0.870. The fraction of sp³-hybridized carbons (Fsp3) is 0.574. The number of likely N-dealkylation sites (N-methyl/N-ethyl adjacent to an activating group) is 1. The number of nitrogens with one attached hydrogen (secondary N) is 1. The molecule has 0 heterocycles. The number of carbonyl (C=O) groups is 1. The highest BCUT2D eigenvalue weighted by Crippen LogP contribution is 2.38. The van der Waals surface area contributed by atoms with E-state index in [4.69, 9.17) is 9.05 Å². The molecule has 0 rings (SSSR count). The summed E-state index contributed by atoms with van der Waals surface area (Å²) in [6, 6.07) is -0.928. The molecule has 3 unspecified atom stereocenters. The molecule has 0 bridgehead atoms. The molecule has 9 heteroatoms. The Kier molecular flexibility index (Phi) is 53.5. The monoisotopic (exact) mass is 1080 g/mol. The van der Waals surface area contributed by atoms with Gasteiger partial charge in [-0.05, 0) is 128 Å². The maximum atomic E-state index is 12.9. The molecule has 0 aromatic heterocycles. The van der Waals surface area contributed by atoms with Gasteiger partial charge in [0.05, 0.1) is 39.9 Å². The molecule has 0 fully saturated rings. The number of rotatable bonds is 52. The van der Waals surface area contributed by atoms with E-state index in [-0.39, 0.29) is 12.5 Å². The van der Waals surface area contributed by atoms with Crippen molar-refractivity contribution in [2.75, 3.05) is 40.9 Å². The van der Waals surface area contributed by atoms with Gasteiger partial charge in [0.1, 0.15) is 13.2 Å². The number of carbonyl (C=O) groups excluding carboxylic acids is 1. The molecule has 3 atom stereocenters. The van der Waals surface area contributed by atoms with Gasteiger partial charge in [-0.2, -0.15) is 0 Å². The fourth-order valence-corrected chi connectivity index (χ4v) is 8.20. The van der Waals surface area contributed by atoms with Gasteiger partial charge in [0.25, 0.3) is 7.82 Å². The van der Waals surface area contributed by atoms with Crippen LogP contribution in [-0.2, 0) is 18.4 Å². The zero-order valence-electron chi connectivity index (χ0n) is 49.3. The van der Waals surface area contributed by atoms with E-state index in [9.17, 15) is 19.4 Å². The average Bonchev–Trinajstić information content (AvgIpc) is 3.39.